The van der Waals surface area contributed by atoms with Crippen molar-refractivity contribution in [3.05, 3.63) is 12.0 Å². The van der Waals surface area contributed by atoms with Crippen molar-refractivity contribution in [1.29, 1.82) is 0 Å². The monoisotopic (exact) mass is 284 g/mol. The van der Waals surface area contributed by atoms with Crippen molar-refractivity contribution >= 4 is 10.0 Å². The van der Waals surface area contributed by atoms with E-state index in [1.807, 2.05) is 0 Å². The molecular weight excluding hydrogens is 264 g/mol. The number of aryl methyl sites for hydroxylation is 1. The van der Waals surface area contributed by atoms with Crippen LogP contribution in [0.2, 0.25) is 0 Å². The zero-order valence-corrected chi connectivity index (χ0v) is 11.9. The highest BCUT2D eigenvalue weighted by Crippen LogP contribution is 2.27. The Morgan fingerprint density at radius 1 is 1.42 bits per heavy atom. The van der Waals surface area contributed by atoms with Gasteiger partial charge >= 0.3 is 0 Å². The minimum absolute atomic E-state index is 0.0490. The van der Waals surface area contributed by atoms with E-state index in [1.165, 1.54) is 25.6 Å². The number of hydrogen-bond acceptors (Lipinski definition) is 4. The van der Waals surface area contributed by atoms with Crippen molar-refractivity contribution in [2.45, 2.75) is 49.7 Å². The number of aromatic nitrogens is 2. The van der Waals surface area contributed by atoms with Gasteiger partial charge in [-0.05, 0) is 45.7 Å². The van der Waals surface area contributed by atoms with Gasteiger partial charge in [0, 0.05) is 12.1 Å². The van der Waals surface area contributed by atoms with Gasteiger partial charge < -0.3 is 9.88 Å². The number of nitrogens with zero attached hydrogens (tertiary/aromatic N) is 2. The van der Waals surface area contributed by atoms with Crippen LogP contribution >= 0.6 is 0 Å². The fourth-order valence-corrected chi connectivity index (χ4v) is 4.40. The molecule has 7 heteroatoms. The van der Waals surface area contributed by atoms with Gasteiger partial charge in [0.2, 0.25) is 0 Å². The largest absolute Gasteiger partial charge is 0.332 e. The van der Waals surface area contributed by atoms with Crippen LogP contribution in [0.25, 0.3) is 0 Å². The number of H-pyrrole nitrogens is 1. The van der Waals surface area contributed by atoms with E-state index in [0.717, 1.165) is 19.4 Å². The van der Waals surface area contributed by atoms with E-state index in [-0.39, 0.29) is 11.1 Å². The number of piperidine rings is 1. The van der Waals surface area contributed by atoms with Crippen LogP contribution in [0.3, 0.4) is 0 Å². The van der Waals surface area contributed by atoms with Crippen molar-refractivity contribution in [3.63, 3.8) is 0 Å². The molecule has 2 unspecified atom stereocenters. The van der Waals surface area contributed by atoms with Gasteiger partial charge in [0.15, 0.2) is 5.03 Å². The van der Waals surface area contributed by atoms with Crippen LogP contribution in [-0.2, 0) is 10.0 Å². The molecule has 1 aromatic heterocycles. The van der Waals surface area contributed by atoms with Crippen molar-refractivity contribution in [2.24, 2.45) is 0 Å². The smallest absolute Gasteiger partial charge is 0.257 e. The van der Waals surface area contributed by atoms with Crippen LogP contribution < -0.4 is 4.72 Å². The van der Waals surface area contributed by atoms with Gasteiger partial charge in [-0.2, -0.15) is 0 Å². The molecule has 106 valence electrons. The summed E-state index contributed by atoms with van der Waals surface area (Å²) in [5.41, 5.74) is 0. The van der Waals surface area contributed by atoms with Crippen LogP contribution in [-0.4, -0.2) is 48.5 Å². The zero-order chi connectivity index (χ0) is 13.5. The lowest BCUT2D eigenvalue weighted by atomic mass is 9.99. The summed E-state index contributed by atoms with van der Waals surface area (Å²) < 4.78 is 27.2. The number of nitrogens with one attached hydrogen (secondary N) is 2. The first-order valence-corrected chi connectivity index (χ1v) is 8.31. The Kier molecular flexibility index (Phi) is 3.36. The Labute approximate surface area is 113 Å². The van der Waals surface area contributed by atoms with Crippen molar-refractivity contribution < 1.29 is 8.42 Å². The molecule has 2 aliphatic heterocycles. The second-order valence-corrected chi connectivity index (χ2v) is 7.19. The first kappa shape index (κ1) is 13.1. The Morgan fingerprint density at radius 3 is 3.00 bits per heavy atom. The molecule has 0 spiro atoms. The Morgan fingerprint density at radius 2 is 2.26 bits per heavy atom. The molecule has 2 aliphatic rings. The molecule has 0 aliphatic carbocycles. The van der Waals surface area contributed by atoms with Crippen LogP contribution in [0.5, 0.6) is 0 Å². The second-order valence-electron chi connectivity index (χ2n) is 5.51. The molecular formula is C12H20N4O2S. The lowest BCUT2D eigenvalue weighted by Gasteiger charge is -2.34. The lowest BCUT2D eigenvalue weighted by Crippen LogP contribution is -2.47. The molecule has 0 aromatic carbocycles. The quantitative estimate of drug-likeness (QED) is 0.853. The molecule has 0 bridgehead atoms. The number of aromatic amines is 1. The normalized spacial score (nSPS) is 28.5. The van der Waals surface area contributed by atoms with Gasteiger partial charge in [0.25, 0.3) is 10.0 Å². The standard InChI is InChI=1S/C12H20N4O2S/c1-9-13-8-12(14-9)19(17,18)15-10-4-6-16-5-2-3-11(16)7-10/h8,10-11,15H,2-7H2,1H3,(H,13,14). The van der Waals surface area contributed by atoms with Gasteiger partial charge in [-0.15, -0.1) is 0 Å². The number of sulfonamides is 1. The van der Waals surface area contributed by atoms with Crippen molar-refractivity contribution in [1.82, 2.24) is 19.6 Å². The maximum Gasteiger partial charge on any atom is 0.257 e. The molecule has 0 radical (unpaired) electrons. The summed E-state index contributed by atoms with van der Waals surface area (Å²) in [5.74, 6) is 0.617. The summed E-state index contributed by atoms with van der Waals surface area (Å²) in [6.45, 7) is 3.92. The highest BCUT2D eigenvalue weighted by molar-refractivity contribution is 7.89. The molecule has 19 heavy (non-hydrogen) atoms. The van der Waals surface area contributed by atoms with Crippen LogP contribution in [0.15, 0.2) is 11.2 Å². The SMILES string of the molecule is Cc1ncc(S(=O)(=O)NC2CCN3CCCC3C2)[nH]1. The third-order valence-corrected chi connectivity index (χ3v) is 5.54. The average Bonchev–Trinajstić information content (AvgIpc) is 2.96. The van der Waals surface area contributed by atoms with E-state index in [1.54, 1.807) is 6.92 Å². The second kappa shape index (κ2) is 4.88. The molecule has 3 heterocycles. The average molecular weight is 284 g/mol. The highest BCUT2D eigenvalue weighted by Gasteiger charge is 2.33. The first-order chi connectivity index (χ1) is 9.04. The number of hydrogen-bond donors (Lipinski definition) is 2. The summed E-state index contributed by atoms with van der Waals surface area (Å²) >= 11 is 0. The fraction of sp³-hybridized carbons (Fsp3) is 0.750. The van der Waals surface area contributed by atoms with Crippen LogP contribution in [0.1, 0.15) is 31.5 Å². The van der Waals surface area contributed by atoms with E-state index in [2.05, 4.69) is 19.6 Å². The van der Waals surface area contributed by atoms with Crippen molar-refractivity contribution in [3.8, 4) is 0 Å². The topological polar surface area (TPSA) is 78.1 Å². The maximum absolute atomic E-state index is 12.2. The lowest BCUT2D eigenvalue weighted by molar-refractivity contribution is 0.176. The molecule has 2 saturated heterocycles. The molecule has 0 saturated carbocycles. The zero-order valence-electron chi connectivity index (χ0n) is 11.1. The summed E-state index contributed by atoms with van der Waals surface area (Å²) in [5, 5.41) is 0.166. The van der Waals surface area contributed by atoms with E-state index in [4.69, 9.17) is 0 Å². The predicted octanol–water partition coefficient (Wildman–Crippen LogP) is 0.623. The summed E-state index contributed by atoms with van der Waals surface area (Å²) in [6.07, 6.45) is 5.63. The fourth-order valence-electron chi connectivity index (χ4n) is 3.15. The minimum Gasteiger partial charge on any atom is -0.332 e. The van der Waals surface area contributed by atoms with E-state index >= 15 is 0 Å². The molecule has 2 N–H and O–H groups in total. The van der Waals surface area contributed by atoms with E-state index in [0.29, 0.717) is 11.9 Å². The van der Waals surface area contributed by atoms with Crippen LogP contribution in [0, 0.1) is 6.92 Å². The summed E-state index contributed by atoms with van der Waals surface area (Å²) in [7, 11) is -3.45. The minimum atomic E-state index is -3.45. The van der Waals surface area contributed by atoms with Gasteiger partial charge in [-0.25, -0.2) is 18.1 Å². The number of fused-ring (bicyclic) bond motifs is 1. The van der Waals surface area contributed by atoms with E-state index in [9.17, 15) is 8.42 Å². The first-order valence-electron chi connectivity index (χ1n) is 6.82. The highest BCUT2D eigenvalue weighted by atomic mass is 32.2. The Hall–Kier alpha value is -0.920. The van der Waals surface area contributed by atoms with Gasteiger partial charge in [0.1, 0.15) is 5.82 Å². The third kappa shape index (κ3) is 2.68. The Balaban J connectivity index is 1.68. The number of rotatable bonds is 3. The molecule has 1 aromatic rings. The predicted molar refractivity (Wildman–Crippen MR) is 71.3 cm³/mol. The molecule has 0 amide bonds. The van der Waals surface area contributed by atoms with Crippen LogP contribution in [0.4, 0.5) is 0 Å². The summed E-state index contributed by atoms with van der Waals surface area (Å²) in [4.78, 5) is 9.20. The maximum atomic E-state index is 12.2. The van der Waals surface area contributed by atoms with Gasteiger partial charge in [-0.3, -0.25) is 0 Å². The van der Waals surface area contributed by atoms with Gasteiger partial charge in [-0.1, -0.05) is 0 Å². The third-order valence-electron chi connectivity index (χ3n) is 4.11. The summed E-state index contributed by atoms with van der Waals surface area (Å²) in [6, 6.07) is 0.609. The molecule has 3 rings (SSSR count). The van der Waals surface area contributed by atoms with Gasteiger partial charge in [0.05, 0.1) is 6.20 Å². The Bertz CT molecular complexity index is 554. The number of imidazole rings is 1. The molecule has 6 nitrogen and oxygen atoms in total. The van der Waals surface area contributed by atoms with E-state index < -0.39 is 10.0 Å². The molecule has 2 atom stereocenters. The molecule has 2 fully saturated rings. The van der Waals surface area contributed by atoms with Crippen molar-refractivity contribution in [2.75, 3.05) is 13.1 Å².